The molecule has 0 bridgehead atoms. The zero-order chi connectivity index (χ0) is 9.52. The molecule has 0 aromatic heterocycles. The number of nitrogens with one attached hydrogen (secondary N) is 1. The van der Waals surface area contributed by atoms with E-state index in [4.69, 9.17) is 4.74 Å². The fourth-order valence-corrected chi connectivity index (χ4v) is 1.68. The van der Waals surface area contributed by atoms with Gasteiger partial charge in [-0.3, -0.25) is 0 Å². The van der Waals surface area contributed by atoms with E-state index in [9.17, 15) is 4.79 Å². The van der Waals surface area contributed by atoms with E-state index in [1.165, 1.54) is 19.3 Å². The number of ether oxygens (including phenoxy) is 1. The number of rotatable bonds is 3. The fraction of sp³-hybridized carbons (Fsp3) is 0.875. The number of carbonyl (C=O) groups is 1. The van der Waals surface area contributed by atoms with Crippen molar-refractivity contribution >= 4 is 19.0 Å². The van der Waals surface area contributed by atoms with Gasteiger partial charge in [-0.05, 0) is 18.8 Å². The number of hydrogen-bond acceptors (Lipinski definition) is 5. The SMILES string of the molecule is O=C(OCC1CCCCC1)ONS. The minimum atomic E-state index is -0.708. The molecule has 0 heterocycles. The van der Waals surface area contributed by atoms with Gasteiger partial charge in [0.25, 0.3) is 0 Å². The third kappa shape index (κ3) is 4.38. The summed E-state index contributed by atoms with van der Waals surface area (Å²) in [5.74, 6) is 0.515. The van der Waals surface area contributed by atoms with Crippen molar-refractivity contribution in [1.29, 1.82) is 0 Å². The zero-order valence-corrected chi connectivity index (χ0v) is 8.39. The standard InChI is InChI=1S/C8H15NO3S/c10-8(12-9-13)11-6-7-4-2-1-3-5-7/h7,9,13H,1-6H2. The summed E-state index contributed by atoms with van der Waals surface area (Å²) in [5.41, 5.74) is 0. The molecule has 1 fully saturated rings. The normalized spacial score (nSPS) is 18.2. The van der Waals surface area contributed by atoms with Gasteiger partial charge in [-0.15, -0.1) is 0 Å². The summed E-state index contributed by atoms with van der Waals surface area (Å²) < 4.78 is 4.85. The van der Waals surface area contributed by atoms with E-state index in [1.807, 2.05) is 4.89 Å². The lowest BCUT2D eigenvalue weighted by Gasteiger charge is -2.20. The Morgan fingerprint density at radius 3 is 2.69 bits per heavy atom. The topological polar surface area (TPSA) is 47.6 Å². The van der Waals surface area contributed by atoms with E-state index in [0.717, 1.165) is 12.8 Å². The van der Waals surface area contributed by atoms with Crippen LogP contribution in [0.3, 0.4) is 0 Å². The quantitative estimate of drug-likeness (QED) is 0.420. The Bertz CT molecular complexity index is 159. The van der Waals surface area contributed by atoms with Crippen LogP contribution in [-0.4, -0.2) is 12.8 Å². The lowest BCUT2D eigenvalue weighted by Crippen LogP contribution is -2.19. The fourth-order valence-electron chi connectivity index (χ4n) is 1.61. The van der Waals surface area contributed by atoms with E-state index in [-0.39, 0.29) is 0 Å². The maximum absolute atomic E-state index is 10.7. The molecule has 0 aromatic carbocycles. The molecule has 1 saturated carbocycles. The Hall–Kier alpha value is -0.420. The third-order valence-electron chi connectivity index (χ3n) is 2.29. The van der Waals surface area contributed by atoms with Crippen LogP contribution in [-0.2, 0) is 9.57 Å². The van der Waals surface area contributed by atoms with E-state index in [2.05, 4.69) is 17.7 Å². The predicted molar refractivity (Wildman–Crippen MR) is 51.1 cm³/mol. The highest BCUT2D eigenvalue weighted by atomic mass is 32.1. The molecule has 1 rings (SSSR count). The van der Waals surface area contributed by atoms with Crippen LogP contribution in [0.15, 0.2) is 0 Å². The van der Waals surface area contributed by atoms with Gasteiger partial charge < -0.3 is 9.57 Å². The zero-order valence-electron chi connectivity index (χ0n) is 7.49. The Morgan fingerprint density at radius 2 is 2.08 bits per heavy atom. The van der Waals surface area contributed by atoms with Crippen molar-refractivity contribution in [3.05, 3.63) is 0 Å². The van der Waals surface area contributed by atoms with Crippen LogP contribution >= 0.6 is 12.8 Å². The molecule has 0 unspecified atom stereocenters. The van der Waals surface area contributed by atoms with E-state index >= 15 is 0 Å². The molecule has 13 heavy (non-hydrogen) atoms. The summed E-state index contributed by atoms with van der Waals surface area (Å²) in [6, 6.07) is 0. The van der Waals surface area contributed by atoms with E-state index < -0.39 is 6.16 Å². The molecule has 0 spiro atoms. The third-order valence-corrected chi connectivity index (χ3v) is 2.38. The van der Waals surface area contributed by atoms with Crippen LogP contribution in [0.25, 0.3) is 0 Å². The first kappa shape index (κ1) is 10.7. The van der Waals surface area contributed by atoms with Crippen molar-refractivity contribution in [2.24, 2.45) is 5.92 Å². The van der Waals surface area contributed by atoms with Gasteiger partial charge in [0.2, 0.25) is 0 Å². The molecule has 76 valence electrons. The molecule has 0 saturated heterocycles. The van der Waals surface area contributed by atoms with Gasteiger partial charge in [-0.2, -0.15) is 0 Å². The smallest absolute Gasteiger partial charge is 0.433 e. The van der Waals surface area contributed by atoms with Crippen molar-refractivity contribution < 1.29 is 14.4 Å². The molecule has 5 heteroatoms. The first-order valence-corrected chi connectivity index (χ1v) is 5.00. The van der Waals surface area contributed by atoms with Gasteiger partial charge in [0.05, 0.1) is 6.61 Å². The van der Waals surface area contributed by atoms with Crippen LogP contribution in [0, 0.1) is 5.92 Å². The Labute approximate surface area is 83.5 Å². The molecule has 0 aromatic rings. The lowest BCUT2D eigenvalue weighted by molar-refractivity contribution is 0.0288. The Kier molecular flexibility index (Phi) is 5.00. The van der Waals surface area contributed by atoms with Crippen LogP contribution in [0.1, 0.15) is 32.1 Å². The molecule has 0 radical (unpaired) electrons. The van der Waals surface area contributed by atoms with Crippen LogP contribution in [0.2, 0.25) is 0 Å². The molecule has 1 N–H and O–H groups in total. The van der Waals surface area contributed by atoms with Gasteiger partial charge in [0.15, 0.2) is 0 Å². The van der Waals surface area contributed by atoms with Crippen molar-refractivity contribution in [1.82, 2.24) is 4.89 Å². The molecule has 1 aliphatic carbocycles. The number of carbonyl (C=O) groups excluding carboxylic acids is 1. The highest BCUT2D eigenvalue weighted by Crippen LogP contribution is 2.23. The van der Waals surface area contributed by atoms with Gasteiger partial charge in [0.1, 0.15) is 0 Å². The second-order valence-electron chi connectivity index (χ2n) is 3.26. The Balaban J connectivity index is 2.06. The van der Waals surface area contributed by atoms with Gasteiger partial charge in [-0.1, -0.05) is 37.0 Å². The average Bonchev–Trinajstić information content (AvgIpc) is 2.17. The average molecular weight is 205 g/mol. The monoisotopic (exact) mass is 205 g/mol. The number of hydrogen-bond donors (Lipinski definition) is 2. The summed E-state index contributed by atoms with van der Waals surface area (Å²) in [7, 11) is 0. The molecular formula is C8H15NO3S. The largest absolute Gasteiger partial charge is 0.528 e. The van der Waals surface area contributed by atoms with Gasteiger partial charge >= 0.3 is 6.16 Å². The van der Waals surface area contributed by atoms with Gasteiger partial charge in [-0.25, -0.2) is 4.79 Å². The summed E-state index contributed by atoms with van der Waals surface area (Å²) >= 11 is 3.51. The van der Waals surface area contributed by atoms with Crippen molar-refractivity contribution in [2.75, 3.05) is 6.61 Å². The maximum Gasteiger partial charge on any atom is 0.528 e. The first-order chi connectivity index (χ1) is 6.33. The van der Waals surface area contributed by atoms with Crippen LogP contribution in [0.5, 0.6) is 0 Å². The van der Waals surface area contributed by atoms with Crippen molar-refractivity contribution in [3.63, 3.8) is 0 Å². The predicted octanol–water partition coefficient (Wildman–Crippen LogP) is 2.07. The van der Waals surface area contributed by atoms with E-state index in [1.54, 1.807) is 0 Å². The lowest BCUT2D eigenvalue weighted by atomic mass is 9.90. The second-order valence-corrected chi connectivity index (χ2v) is 3.44. The van der Waals surface area contributed by atoms with Crippen molar-refractivity contribution in [2.45, 2.75) is 32.1 Å². The van der Waals surface area contributed by atoms with Crippen LogP contribution in [0.4, 0.5) is 4.79 Å². The molecule has 0 aliphatic heterocycles. The first-order valence-electron chi connectivity index (χ1n) is 4.55. The van der Waals surface area contributed by atoms with Gasteiger partial charge in [0, 0.05) is 0 Å². The minimum absolute atomic E-state index is 0.467. The number of thiol groups is 1. The van der Waals surface area contributed by atoms with Crippen molar-refractivity contribution in [3.8, 4) is 0 Å². The minimum Gasteiger partial charge on any atom is -0.433 e. The molecular weight excluding hydrogens is 190 g/mol. The highest BCUT2D eigenvalue weighted by molar-refractivity contribution is 7.77. The Morgan fingerprint density at radius 1 is 1.38 bits per heavy atom. The van der Waals surface area contributed by atoms with Crippen LogP contribution < -0.4 is 4.89 Å². The molecule has 4 nitrogen and oxygen atoms in total. The highest BCUT2D eigenvalue weighted by Gasteiger charge is 2.15. The van der Waals surface area contributed by atoms with E-state index in [0.29, 0.717) is 12.5 Å². The summed E-state index contributed by atoms with van der Waals surface area (Å²) in [6.07, 6.45) is 5.39. The molecule has 0 amide bonds. The maximum atomic E-state index is 10.7. The summed E-state index contributed by atoms with van der Waals surface area (Å²) in [5, 5.41) is 0. The second kappa shape index (κ2) is 6.10. The summed E-state index contributed by atoms with van der Waals surface area (Å²) in [6.45, 7) is 0.467. The summed E-state index contributed by atoms with van der Waals surface area (Å²) in [4.78, 5) is 17.0. The molecule has 1 aliphatic rings. The molecule has 0 atom stereocenters.